The monoisotopic (exact) mass is 573 g/mol. The van der Waals surface area contributed by atoms with Crippen molar-refractivity contribution in [3.05, 3.63) is 124 Å². The summed E-state index contributed by atoms with van der Waals surface area (Å²) in [5, 5.41) is 2.79. The van der Waals surface area contributed by atoms with Gasteiger partial charge in [0.1, 0.15) is 5.75 Å². The average Bonchev–Trinajstić information content (AvgIpc) is 3.58. The largest absolute Gasteiger partial charge is 0.473 e. The highest BCUT2D eigenvalue weighted by Gasteiger charge is 2.50. The summed E-state index contributed by atoms with van der Waals surface area (Å²) in [6.45, 7) is 0. The van der Waals surface area contributed by atoms with E-state index in [0.29, 0.717) is 11.8 Å². The van der Waals surface area contributed by atoms with E-state index >= 15 is 0 Å². The van der Waals surface area contributed by atoms with Crippen LogP contribution in [0, 0.1) is 0 Å². The lowest BCUT2D eigenvalue weighted by Crippen LogP contribution is -2.37. The van der Waals surface area contributed by atoms with Crippen molar-refractivity contribution >= 4 is 22.5 Å². The average molecular weight is 574 g/mol. The molecule has 10 rings (SSSR count). The highest BCUT2D eigenvalue weighted by atomic mass is 16.5. The summed E-state index contributed by atoms with van der Waals surface area (Å²) in [7, 11) is 0. The summed E-state index contributed by atoms with van der Waals surface area (Å²) >= 11 is 0. The van der Waals surface area contributed by atoms with E-state index in [0.717, 1.165) is 29.8 Å². The summed E-state index contributed by atoms with van der Waals surface area (Å²) in [5.74, 6) is 2.23. The molecule has 0 amide bonds. The number of nitrogens with two attached hydrogens (primary N) is 1. The Morgan fingerprint density at radius 1 is 0.795 bits per heavy atom. The van der Waals surface area contributed by atoms with Gasteiger partial charge in [-0.2, -0.15) is 0 Å². The summed E-state index contributed by atoms with van der Waals surface area (Å²) in [5.41, 5.74) is 19.8. The van der Waals surface area contributed by atoms with Crippen LogP contribution in [0.5, 0.6) is 5.75 Å². The maximum absolute atomic E-state index is 7.63. The van der Waals surface area contributed by atoms with Crippen molar-refractivity contribution in [3.8, 4) is 16.9 Å². The molecule has 218 valence electrons. The Labute approximate surface area is 260 Å². The van der Waals surface area contributed by atoms with E-state index in [1.807, 2.05) is 12.1 Å². The van der Waals surface area contributed by atoms with Crippen LogP contribution in [0.25, 0.3) is 28.0 Å². The maximum atomic E-state index is 7.63. The zero-order valence-electron chi connectivity index (χ0n) is 25.4. The molecule has 2 saturated carbocycles. The van der Waals surface area contributed by atoms with Gasteiger partial charge in [-0.1, -0.05) is 98.5 Å². The lowest BCUT2D eigenvalue weighted by atomic mass is 9.56. The molecule has 44 heavy (non-hydrogen) atoms. The van der Waals surface area contributed by atoms with Crippen molar-refractivity contribution in [2.75, 3.05) is 5.73 Å². The van der Waals surface area contributed by atoms with Crippen LogP contribution in [-0.4, -0.2) is 0 Å². The van der Waals surface area contributed by atoms with Gasteiger partial charge in [0.25, 0.3) is 0 Å². The Hall–Kier alpha value is -4.04. The molecule has 0 saturated heterocycles. The number of anilines is 1. The van der Waals surface area contributed by atoms with Crippen molar-refractivity contribution in [2.24, 2.45) is 0 Å². The third kappa shape index (κ3) is 3.12. The number of hydrogen-bond acceptors (Lipinski definition) is 2. The number of fused-ring (bicyclic) bond motifs is 8. The van der Waals surface area contributed by atoms with E-state index < -0.39 is 5.60 Å². The normalized spacial score (nSPS) is 26.7. The highest BCUT2D eigenvalue weighted by molar-refractivity contribution is 6.11. The first-order chi connectivity index (χ1) is 21.7. The Balaban J connectivity index is 1.32. The van der Waals surface area contributed by atoms with E-state index in [4.69, 9.17) is 10.5 Å². The molecular weight excluding hydrogens is 534 g/mol. The second-order valence-electron chi connectivity index (χ2n) is 14.3. The van der Waals surface area contributed by atoms with Crippen LogP contribution in [0.1, 0.15) is 109 Å². The van der Waals surface area contributed by atoms with Gasteiger partial charge in [0, 0.05) is 27.6 Å². The molecule has 0 aromatic heterocycles. The SMILES string of the molecule is Nc1ccc(C2(C3=CC=CCC3)C=Cc3c4c5c6c(cccc6c3O2)C2(CCCC2)c2cccc(c2-5)C2CCCCC42)cc1. The standard InChI is InChI=1S/C42H39NO/c43-28-20-18-27(19-21-28)42(26-10-2-1-3-11-26)25-22-33-36-30-13-5-4-12-29(30)31-14-8-16-34-37(31)39(36)38-32(40(33)44-42)15-9-17-35(38)41(34)23-6-7-24-41/h1-2,8-10,14-22,25,29-30H,3-7,11-13,23-24,43H2. The Morgan fingerprint density at radius 3 is 2.41 bits per heavy atom. The zero-order chi connectivity index (χ0) is 29.0. The number of hydrogen-bond donors (Lipinski definition) is 1. The Morgan fingerprint density at radius 2 is 1.59 bits per heavy atom. The molecular formula is C42H39NO. The lowest BCUT2D eigenvalue weighted by molar-refractivity contribution is 0.154. The number of rotatable bonds is 2. The molecule has 5 aliphatic carbocycles. The minimum absolute atomic E-state index is 0.111. The molecule has 3 unspecified atom stereocenters. The van der Waals surface area contributed by atoms with E-state index in [1.165, 1.54) is 73.3 Å². The fourth-order valence-electron chi connectivity index (χ4n) is 10.5. The first-order valence-electron chi connectivity index (χ1n) is 17.1. The molecule has 4 aromatic carbocycles. The topological polar surface area (TPSA) is 35.2 Å². The smallest absolute Gasteiger partial charge is 0.174 e. The minimum atomic E-state index is -0.651. The van der Waals surface area contributed by atoms with Crippen LogP contribution < -0.4 is 10.5 Å². The van der Waals surface area contributed by atoms with E-state index in [-0.39, 0.29) is 5.41 Å². The molecule has 0 radical (unpaired) electrons. The van der Waals surface area contributed by atoms with Crippen LogP contribution in [0.2, 0.25) is 0 Å². The molecule has 3 atom stereocenters. The zero-order valence-corrected chi connectivity index (χ0v) is 25.4. The molecule has 2 N–H and O–H groups in total. The summed E-state index contributed by atoms with van der Waals surface area (Å²) in [6, 6.07) is 22.9. The first kappa shape index (κ1) is 25.3. The van der Waals surface area contributed by atoms with Gasteiger partial charge >= 0.3 is 0 Å². The van der Waals surface area contributed by atoms with Gasteiger partial charge < -0.3 is 10.5 Å². The molecule has 2 fully saturated rings. The predicted octanol–water partition coefficient (Wildman–Crippen LogP) is 10.6. The van der Waals surface area contributed by atoms with Crippen LogP contribution in [0.4, 0.5) is 5.69 Å². The van der Waals surface area contributed by atoms with Crippen LogP contribution in [0.3, 0.4) is 0 Å². The number of allylic oxidation sites excluding steroid dienone is 3. The van der Waals surface area contributed by atoms with E-state index in [2.05, 4.69) is 78.9 Å². The second kappa shape index (κ2) is 9.00. The maximum Gasteiger partial charge on any atom is 0.174 e. The molecule has 1 spiro atoms. The fraction of sp³-hybridized carbons (Fsp3) is 0.333. The van der Waals surface area contributed by atoms with Gasteiger partial charge in [-0.3, -0.25) is 0 Å². The van der Waals surface area contributed by atoms with Gasteiger partial charge in [-0.15, -0.1) is 0 Å². The van der Waals surface area contributed by atoms with Crippen LogP contribution >= 0.6 is 0 Å². The molecule has 2 nitrogen and oxygen atoms in total. The van der Waals surface area contributed by atoms with Crippen molar-refractivity contribution in [3.63, 3.8) is 0 Å². The quantitative estimate of drug-likeness (QED) is 0.242. The summed E-state index contributed by atoms with van der Waals surface area (Å²) in [6.07, 6.45) is 23.9. The van der Waals surface area contributed by atoms with Crippen LogP contribution in [0.15, 0.2) is 90.5 Å². The van der Waals surface area contributed by atoms with E-state index in [9.17, 15) is 0 Å². The Bertz CT molecular complexity index is 1970. The highest BCUT2D eigenvalue weighted by Crippen LogP contribution is 2.66. The predicted molar refractivity (Wildman–Crippen MR) is 181 cm³/mol. The fourth-order valence-corrected chi connectivity index (χ4v) is 10.5. The molecule has 1 heterocycles. The number of ether oxygens (including phenoxy) is 1. The lowest BCUT2D eigenvalue weighted by Gasteiger charge is -2.48. The number of nitrogen functional groups attached to an aromatic ring is 1. The molecule has 4 aromatic rings. The van der Waals surface area contributed by atoms with E-state index in [1.54, 1.807) is 33.4 Å². The second-order valence-corrected chi connectivity index (χ2v) is 14.3. The van der Waals surface area contributed by atoms with Crippen molar-refractivity contribution in [1.29, 1.82) is 0 Å². The molecule has 2 heteroatoms. The Kier molecular flexibility index (Phi) is 5.18. The summed E-state index contributed by atoms with van der Waals surface area (Å²) < 4.78 is 7.63. The van der Waals surface area contributed by atoms with Gasteiger partial charge in [-0.25, -0.2) is 0 Å². The van der Waals surface area contributed by atoms with Crippen molar-refractivity contribution in [1.82, 2.24) is 0 Å². The third-order valence-corrected chi connectivity index (χ3v) is 12.3. The van der Waals surface area contributed by atoms with Crippen molar-refractivity contribution < 1.29 is 4.74 Å². The summed E-state index contributed by atoms with van der Waals surface area (Å²) in [4.78, 5) is 0. The minimum Gasteiger partial charge on any atom is -0.473 e. The number of benzene rings is 4. The van der Waals surface area contributed by atoms with Gasteiger partial charge in [0.2, 0.25) is 0 Å². The van der Waals surface area contributed by atoms with Crippen molar-refractivity contribution in [2.45, 2.75) is 87.1 Å². The van der Waals surface area contributed by atoms with Crippen LogP contribution in [-0.2, 0) is 11.0 Å². The molecule has 6 aliphatic rings. The third-order valence-electron chi connectivity index (χ3n) is 12.3. The van der Waals surface area contributed by atoms with Gasteiger partial charge in [0.05, 0.1) is 0 Å². The molecule has 1 aliphatic heterocycles. The first-order valence-corrected chi connectivity index (χ1v) is 17.1. The molecule has 0 bridgehead atoms. The van der Waals surface area contributed by atoms with Gasteiger partial charge in [0.15, 0.2) is 5.60 Å². The van der Waals surface area contributed by atoms with Gasteiger partial charge in [-0.05, 0) is 113 Å².